The number of thiazole rings is 1. The lowest BCUT2D eigenvalue weighted by Gasteiger charge is -2.20. The minimum Gasteiger partial charge on any atom is -0.284 e. The van der Waals surface area contributed by atoms with E-state index in [0.717, 1.165) is 30.5 Å². The number of carbonyl (C=O) groups excluding carboxylic acids is 1. The normalized spacial score (nSPS) is 10.4. The van der Waals surface area contributed by atoms with Gasteiger partial charge in [0.25, 0.3) is 5.91 Å². The Bertz CT molecular complexity index is 926. The van der Waals surface area contributed by atoms with Crippen molar-refractivity contribution < 1.29 is 4.79 Å². The summed E-state index contributed by atoms with van der Waals surface area (Å²) in [6.07, 6.45) is 3.08. The maximum absolute atomic E-state index is 13.1. The highest BCUT2D eigenvalue weighted by Gasteiger charge is 2.20. The number of anilines is 1. The molecule has 0 spiro atoms. The first kappa shape index (κ1) is 18.8. The van der Waals surface area contributed by atoms with Crippen LogP contribution in [0.2, 0.25) is 0 Å². The molecule has 4 nitrogen and oxygen atoms in total. The Labute approximate surface area is 163 Å². The van der Waals surface area contributed by atoms with Gasteiger partial charge >= 0.3 is 0 Å². The van der Waals surface area contributed by atoms with Gasteiger partial charge in [0.1, 0.15) is 0 Å². The van der Waals surface area contributed by atoms with Crippen LogP contribution in [0.25, 0.3) is 11.3 Å². The minimum atomic E-state index is -0.0791. The van der Waals surface area contributed by atoms with Crippen LogP contribution >= 0.6 is 11.3 Å². The van der Waals surface area contributed by atoms with E-state index in [1.165, 1.54) is 11.3 Å². The molecule has 27 heavy (non-hydrogen) atoms. The topological polar surface area (TPSA) is 57.0 Å². The van der Waals surface area contributed by atoms with Gasteiger partial charge < -0.3 is 0 Å². The fourth-order valence-corrected chi connectivity index (χ4v) is 3.64. The van der Waals surface area contributed by atoms with E-state index in [1.54, 1.807) is 29.2 Å². The monoisotopic (exact) mass is 375 g/mol. The van der Waals surface area contributed by atoms with E-state index in [1.807, 2.05) is 35.7 Å². The van der Waals surface area contributed by atoms with Crippen molar-refractivity contribution >= 4 is 22.4 Å². The molecule has 1 amide bonds. The van der Waals surface area contributed by atoms with Crippen LogP contribution in [0.5, 0.6) is 0 Å². The highest BCUT2D eigenvalue weighted by molar-refractivity contribution is 7.14. The van der Waals surface area contributed by atoms with Crippen LogP contribution in [0.4, 0.5) is 5.13 Å². The molecule has 0 unspecified atom stereocenters. The van der Waals surface area contributed by atoms with Crippen LogP contribution in [-0.4, -0.2) is 17.4 Å². The van der Waals surface area contributed by atoms with Crippen LogP contribution in [0.15, 0.2) is 60.0 Å². The van der Waals surface area contributed by atoms with E-state index in [9.17, 15) is 4.79 Å². The minimum absolute atomic E-state index is 0.0791. The van der Waals surface area contributed by atoms with E-state index in [-0.39, 0.29) is 5.91 Å². The predicted molar refractivity (Wildman–Crippen MR) is 110 cm³/mol. The quantitative estimate of drug-likeness (QED) is 0.511. The van der Waals surface area contributed by atoms with Gasteiger partial charge in [-0.15, -0.1) is 11.3 Å². The Morgan fingerprint density at radius 2 is 1.85 bits per heavy atom. The summed E-state index contributed by atoms with van der Waals surface area (Å²) in [5, 5.41) is 11.7. The summed E-state index contributed by atoms with van der Waals surface area (Å²) >= 11 is 1.48. The summed E-state index contributed by atoms with van der Waals surface area (Å²) in [5.74, 6) is -0.0791. The second-order valence-corrected chi connectivity index (χ2v) is 7.07. The van der Waals surface area contributed by atoms with Crippen molar-refractivity contribution in [2.75, 3.05) is 11.4 Å². The van der Waals surface area contributed by atoms with Gasteiger partial charge in [-0.2, -0.15) is 5.26 Å². The molecule has 0 radical (unpaired) electrons. The molecule has 0 aliphatic rings. The maximum atomic E-state index is 13.1. The number of aromatic nitrogens is 1. The van der Waals surface area contributed by atoms with Crippen LogP contribution in [0.1, 0.15) is 42.1 Å². The number of carbonyl (C=O) groups is 1. The lowest BCUT2D eigenvalue weighted by atomic mass is 10.1. The molecule has 5 heteroatoms. The van der Waals surface area contributed by atoms with E-state index >= 15 is 0 Å². The first-order chi connectivity index (χ1) is 13.2. The Balaban J connectivity index is 1.87. The van der Waals surface area contributed by atoms with Crippen molar-refractivity contribution in [2.24, 2.45) is 0 Å². The second kappa shape index (κ2) is 9.11. The number of hydrogen-bond donors (Lipinski definition) is 0. The molecule has 0 N–H and O–H groups in total. The summed E-state index contributed by atoms with van der Waals surface area (Å²) in [5.41, 5.74) is 3.04. The van der Waals surface area contributed by atoms with Crippen LogP contribution in [0, 0.1) is 11.3 Å². The standard InChI is InChI=1S/C22H21N3OS/c1-2-3-7-14-25(21(26)19-12-10-17(15-23)11-13-19)22-24-20(16-27-22)18-8-5-4-6-9-18/h4-6,8-13,16H,2-3,7,14H2,1H3. The molecule has 136 valence electrons. The summed E-state index contributed by atoms with van der Waals surface area (Å²) in [6, 6.07) is 18.8. The first-order valence-corrected chi connectivity index (χ1v) is 9.94. The van der Waals surface area contributed by atoms with E-state index < -0.39 is 0 Å². The fraction of sp³-hybridized carbons (Fsp3) is 0.227. The molecular formula is C22H21N3OS. The largest absolute Gasteiger partial charge is 0.284 e. The summed E-state index contributed by atoms with van der Waals surface area (Å²) < 4.78 is 0. The molecule has 3 rings (SSSR count). The van der Waals surface area contributed by atoms with Gasteiger partial charge in [0.15, 0.2) is 5.13 Å². The average Bonchev–Trinajstić information content (AvgIpc) is 3.21. The molecule has 2 aromatic carbocycles. The van der Waals surface area contributed by atoms with Crippen LogP contribution < -0.4 is 4.90 Å². The van der Waals surface area contributed by atoms with Gasteiger partial charge in [-0.25, -0.2) is 4.98 Å². The number of nitrogens with zero attached hydrogens (tertiary/aromatic N) is 3. The number of nitriles is 1. The lowest BCUT2D eigenvalue weighted by Crippen LogP contribution is -2.31. The van der Waals surface area contributed by atoms with Crippen molar-refractivity contribution in [1.82, 2.24) is 4.98 Å². The van der Waals surface area contributed by atoms with Crippen molar-refractivity contribution in [3.05, 3.63) is 71.1 Å². The zero-order valence-electron chi connectivity index (χ0n) is 15.3. The molecule has 1 heterocycles. The average molecular weight is 375 g/mol. The highest BCUT2D eigenvalue weighted by Crippen LogP contribution is 2.28. The van der Waals surface area contributed by atoms with Gasteiger partial charge in [0.2, 0.25) is 0 Å². The van der Waals surface area contributed by atoms with Crippen LogP contribution in [0.3, 0.4) is 0 Å². The number of amides is 1. The summed E-state index contributed by atoms with van der Waals surface area (Å²) in [4.78, 5) is 19.6. The Morgan fingerprint density at radius 3 is 2.52 bits per heavy atom. The molecule has 1 aromatic heterocycles. The van der Waals surface area contributed by atoms with Crippen molar-refractivity contribution in [1.29, 1.82) is 5.26 Å². The van der Waals surface area contributed by atoms with Gasteiger partial charge in [-0.3, -0.25) is 9.69 Å². The van der Waals surface area contributed by atoms with Crippen LogP contribution in [-0.2, 0) is 0 Å². The predicted octanol–water partition coefficient (Wildman–Crippen LogP) is 5.52. The SMILES string of the molecule is CCCCCN(C(=O)c1ccc(C#N)cc1)c1nc(-c2ccccc2)cs1. The Kier molecular flexibility index (Phi) is 6.35. The van der Waals surface area contributed by atoms with Crippen molar-refractivity contribution in [2.45, 2.75) is 26.2 Å². The molecule has 0 bridgehead atoms. The van der Waals surface area contributed by atoms with Crippen molar-refractivity contribution in [3.63, 3.8) is 0 Å². The highest BCUT2D eigenvalue weighted by atomic mass is 32.1. The lowest BCUT2D eigenvalue weighted by molar-refractivity contribution is 0.0986. The molecule has 0 atom stereocenters. The zero-order chi connectivity index (χ0) is 19.1. The number of benzene rings is 2. The van der Waals surface area contributed by atoms with Gasteiger partial charge in [-0.05, 0) is 30.7 Å². The molecule has 3 aromatic rings. The zero-order valence-corrected chi connectivity index (χ0v) is 16.1. The summed E-state index contributed by atoms with van der Waals surface area (Å²) in [6.45, 7) is 2.78. The first-order valence-electron chi connectivity index (χ1n) is 9.06. The van der Waals surface area contributed by atoms with Gasteiger partial charge in [0, 0.05) is 23.1 Å². The fourth-order valence-electron chi connectivity index (χ4n) is 2.78. The smallest absolute Gasteiger partial charge is 0.260 e. The molecule has 0 aliphatic carbocycles. The molecule has 0 fully saturated rings. The maximum Gasteiger partial charge on any atom is 0.260 e. The van der Waals surface area contributed by atoms with E-state index in [0.29, 0.717) is 22.8 Å². The number of hydrogen-bond acceptors (Lipinski definition) is 4. The second-order valence-electron chi connectivity index (χ2n) is 6.23. The van der Waals surface area contributed by atoms with Gasteiger partial charge in [0.05, 0.1) is 17.3 Å². The Hall–Kier alpha value is -2.97. The number of unbranched alkanes of at least 4 members (excludes halogenated alkanes) is 2. The molecule has 0 aliphatic heterocycles. The van der Waals surface area contributed by atoms with Gasteiger partial charge in [-0.1, -0.05) is 50.1 Å². The third-order valence-corrected chi connectivity index (χ3v) is 5.15. The van der Waals surface area contributed by atoms with E-state index in [4.69, 9.17) is 10.2 Å². The molecular weight excluding hydrogens is 354 g/mol. The third kappa shape index (κ3) is 4.60. The molecule has 0 saturated carbocycles. The molecule has 0 saturated heterocycles. The number of rotatable bonds is 7. The van der Waals surface area contributed by atoms with Crippen molar-refractivity contribution in [3.8, 4) is 17.3 Å². The third-order valence-electron chi connectivity index (χ3n) is 4.28. The van der Waals surface area contributed by atoms with E-state index in [2.05, 4.69) is 13.0 Å². The Morgan fingerprint density at radius 1 is 1.11 bits per heavy atom. The summed E-state index contributed by atoms with van der Waals surface area (Å²) in [7, 11) is 0.